The Morgan fingerprint density at radius 1 is 1.42 bits per heavy atom. The van der Waals surface area contributed by atoms with Crippen molar-refractivity contribution in [3.8, 4) is 0 Å². The predicted molar refractivity (Wildman–Crippen MR) is 99.1 cm³/mol. The van der Waals surface area contributed by atoms with Crippen LogP contribution in [0.25, 0.3) is 11.0 Å². The summed E-state index contributed by atoms with van der Waals surface area (Å²) in [6.07, 6.45) is 4.78. The summed E-state index contributed by atoms with van der Waals surface area (Å²) in [7, 11) is 1.66. The maximum atomic E-state index is 12.5. The molecular formula is C18H27N5O3. The molecule has 2 N–H and O–H groups in total. The van der Waals surface area contributed by atoms with Gasteiger partial charge in [0.25, 0.3) is 0 Å². The highest BCUT2D eigenvalue weighted by Crippen LogP contribution is 2.35. The fourth-order valence-electron chi connectivity index (χ4n) is 3.21. The van der Waals surface area contributed by atoms with Crippen molar-refractivity contribution in [2.45, 2.75) is 58.5 Å². The molecule has 26 heavy (non-hydrogen) atoms. The number of hydrogen-bond acceptors (Lipinski definition) is 6. The molecule has 0 aliphatic carbocycles. The van der Waals surface area contributed by atoms with Gasteiger partial charge in [0.1, 0.15) is 23.8 Å². The number of anilines is 1. The third-order valence-electron chi connectivity index (χ3n) is 4.42. The normalized spacial score (nSPS) is 20.5. The first kappa shape index (κ1) is 18.6. The van der Waals surface area contributed by atoms with Gasteiger partial charge in [-0.05, 0) is 46.1 Å². The third kappa shape index (κ3) is 3.52. The van der Waals surface area contributed by atoms with Gasteiger partial charge in [-0.3, -0.25) is 4.90 Å². The number of carbonyl (C=O) groups excluding carboxylic acids is 1. The van der Waals surface area contributed by atoms with E-state index in [1.807, 2.05) is 38.5 Å². The Kier molecular flexibility index (Phi) is 4.90. The zero-order chi connectivity index (χ0) is 19.1. The van der Waals surface area contributed by atoms with Crippen LogP contribution in [0.3, 0.4) is 0 Å². The Hall–Kier alpha value is -2.19. The summed E-state index contributed by atoms with van der Waals surface area (Å²) in [6.45, 7) is 7.99. The number of aryl methyl sites for hydroxylation is 1. The monoisotopic (exact) mass is 361 g/mol. The van der Waals surface area contributed by atoms with Crippen molar-refractivity contribution in [2.75, 3.05) is 18.5 Å². The molecule has 2 aromatic heterocycles. The fourth-order valence-corrected chi connectivity index (χ4v) is 3.21. The Labute approximate surface area is 153 Å². The quantitative estimate of drug-likeness (QED) is 0.903. The van der Waals surface area contributed by atoms with Crippen molar-refractivity contribution in [1.82, 2.24) is 14.5 Å². The minimum absolute atomic E-state index is 0.0727. The van der Waals surface area contributed by atoms with Gasteiger partial charge in [-0.25, -0.2) is 14.8 Å². The van der Waals surface area contributed by atoms with Gasteiger partial charge < -0.3 is 19.8 Å². The smallest absolute Gasteiger partial charge is 0.415 e. The number of hydrogen-bond donors (Lipinski definition) is 1. The van der Waals surface area contributed by atoms with Crippen LogP contribution in [-0.4, -0.2) is 45.9 Å². The molecule has 3 rings (SSSR count). The third-order valence-corrected chi connectivity index (χ3v) is 4.42. The van der Waals surface area contributed by atoms with Crippen molar-refractivity contribution in [1.29, 1.82) is 0 Å². The van der Waals surface area contributed by atoms with E-state index < -0.39 is 11.7 Å². The van der Waals surface area contributed by atoms with Crippen LogP contribution in [0.1, 0.15) is 45.4 Å². The number of aromatic nitrogens is 3. The Morgan fingerprint density at radius 3 is 2.77 bits per heavy atom. The average molecular weight is 361 g/mol. The second-order valence-corrected chi connectivity index (χ2v) is 7.68. The van der Waals surface area contributed by atoms with E-state index in [2.05, 4.69) is 9.97 Å². The van der Waals surface area contributed by atoms with E-state index in [9.17, 15) is 4.79 Å². The lowest BCUT2D eigenvalue weighted by molar-refractivity contribution is 0.00894. The largest absolute Gasteiger partial charge is 0.443 e. The van der Waals surface area contributed by atoms with Crippen molar-refractivity contribution in [2.24, 2.45) is 5.73 Å². The summed E-state index contributed by atoms with van der Waals surface area (Å²) < 4.78 is 13.5. The van der Waals surface area contributed by atoms with Crippen LogP contribution >= 0.6 is 0 Å². The van der Waals surface area contributed by atoms with Crippen molar-refractivity contribution < 1.29 is 14.3 Å². The molecule has 2 unspecified atom stereocenters. The second-order valence-electron chi connectivity index (χ2n) is 7.68. The number of rotatable bonds is 3. The molecule has 2 aromatic rings. The minimum Gasteiger partial charge on any atom is -0.443 e. The van der Waals surface area contributed by atoms with Crippen LogP contribution in [0.5, 0.6) is 0 Å². The highest BCUT2D eigenvalue weighted by Gasteiger charge is 2.29. The summed E-state index contributed by atoms with van der Waals surface area (Å²) in [5.74, 6) is 0.522. The molecule has 0 bridgehead atoms. The summed E-state index contributed by atoms with van der Waals surface area (Å²) in [5.41, 5.74) is 6.86. The van der Waals surface area contributed by atoms with Crippen LogP contribution in [0.4, 0.5) is 10.6 Å². The lowest BCUT2D eigenvalue weighted by atomic mass is 10.2. The predicted octanol–water partition coefficient (Wildman–Crippen LogP) is 2.75. The summed E-state index contributed by atoms with van der Waals surface area (Å²) in [4.78, 5) is 22.6. The summed E-state index contributed by atoms with van der Waals surface area (Å²) in [6, 6.07) is 0. The Balaban J connectivity index is 1.97. The van der Waals surface area contributed by atoms with Gasteiger partial charge in [0.05, 0.1) is 11.5 Å². The topological polar surface area (TPSA) is 95.5 Å². The fraction of sp³-hybridized carbons (Fsp3) is 0.611. The molecule has 0 radical (unpaired) electrons. The van der Waals surface area contributed by atoms with Crippen LogP contribution in [0.15, 0.2) is 12.5 Å². The number of ether oxygens (including phenoxy) is 2. The standard InChI is InChI=1S/C18H27N5O3/c1-11-9-23(13-7-6-12(8-19)25-13)16-14(11)15(20-10-21-16)22(5)17(24)26-18(2,3)4/h9-10,12-13H,6-8,19H2,1-5H3. The zero-order valence-corrected chi connectivity index (χ0v) is 16.0. The van der Waals surface area contributed by atoms with Gasteiger partial charge in [0.2, 0.25) is 0 Å². The van der Waals surface area contributed by atoms with E-state index >= 15 is 0 Å². The maximum absolute atomic E-state index is 12.5. The van der Waals surface area contributed by atoms with Gasteiger partial charge in [-0.15, -0.1) is 0 Å². The van der Waals surface area contributed by atoms with E-state index in [4.69, 9.17) is 15.2 Å². The van der Waals surface area contributed by atoms with E-state index in [0.717, 1.165) is 29.4 Å². The van der Waals surface area contributed by atoms with Crippen LogP contribution in [-0.2, 0) is 9.47 Å². The zero-order valence-electron chi connectivity index (χ0n) is 16.0. The second kappa shape index (κ2) is 6.85. The van der Waals surface area contributed by atoms with Gasteiger partial charge in [-0.2, -0.15) is 0 Å². The van der Waals surface area contributed by atoms with Crippen molar-refractivity contribution >= 4 is 22.9 Å². The molecule has 1 aliphatic rings. The molecule has 0 aromatic carbocycles. The average Bonchev–Trinajstić information content (AvgIpc) is 3.17. The maximum Gasteiger partial charge on any atom is 0.415 e. The van der Waals surface area contributed by atoms with Gasteiger partial charge in [0.15, 0.2) is 5.82 Å². The van der Waals surface area contributed by atoms with Crippen molar-refractivity contribution in [3.63, 3.8) is 0 Å². The highest BCUT2D eigenvalue weighted by atomic mass is 16.6. The first-order valence-electron chi connectivity index (χ1n) is 8.85. The molecule has 1 fully saturated rings. The molecule has 8 nitrogen and oxygen atoms in total. The molecule has 1 amide bonds. The Bertz CT molecular complexity index is 811. The van der Waals surface area contributed by atoms with E-state index in [1.165, 1.54) is 11.2 Å². The molecule has 2 atom stereocenters. The van der Waals surface area contributed by atoms with Gasteiger partial charge >= 0.3 is 6.09 Å². The first-order valence-corrected chi connectivity index (χ1v) is 8.85. The molecule has 0 saturated carbocycles. The van der Waals surface area contributed by atoms with Crippen LogP contribution in [0, 0.1) is 6.92 Å². The molecule has 1 saturated heterocycles. The Morgan fingerprint density at radius 2 is 2.15 bits per heavy atom. The molecule has 8 heteroatoms. The van der Waals surface area contributed by atoms with E-state index in [-0.39, 0.29) is 12.3 Å². The number of amides is 1. The number of fused-ring (bicyclic) bond motifs is 1. The van der Waals surface area contributed by atoms with Crippen LogP contribution in [0.2, 0.25) is 0 Å². The molecule has 0 spiro atoms. The summed E-state index contributed by atoms with van der Waals surface area (Å²) in [5, 5.41) is 0.820. The van der Waals surface area contributed by atoms with E-state index in [1.54, 1.807) is 7.05 Å². The molecule has 142 valence electrons. The molecule has 1 aliphatic heterocycles. The van der Waals surface area contributed by atoms with Gasteiger partial charge in [0, 0.05) is 19.8 Å². The van der Waals surface area contributed by atoms with E-state index in [0.29, 0.717) is 12.4 Å². The minimum atomic E-state index is -0.576. The number of carbonyl (C=O) groups is 1. The van der Waals surface area contributed by atoms with Crippen molar-refractivity contribution in [3.05, 3.63) is 18.1 Å². The lowest BCUT2D eigenvalue weighted by Crippen LogP contribution is -2.34. The SMILES string of the molecule is Cc1cn(C2CCC(CN)O2)c2ncnc(N(C)C(=O)OC(C)(C)C)c12. The van der Waals surface area contributed by atoms with Gasteiger partial charge in [-0.1, -0.05) is 0 Å². The molecular weight excluding hydrogens is 334 g/mol. The van der Waals surface area contributed by atoms with Crippen LogP contribution < -0.4 is 10.6 Å². The first-order chi connectivity index (χ1) is 12.2. The molecule has 3 heterocycles. The lowest BCUT2D eigenvalue weighted by Gasteiger charge is -2.24. The highest BCUT2D eigenvalue weighted by molar-refractivity contribution is 5.99. The summed E-state index contributed by atoms with van der Waals surface area (Å²) >= 11 is 0. The number of nitrogens with two attached hydrogens (primary N) is 1. The number of nitrogens with zero attached hydrogens (tertiary/aromatic N) is 4.